The molecule has 2 aliphatic heterocycles. The second-order valence-electron chi connectivity index (χ2n) is 17.4. The van der Waals surface area contributed by atoms with Crippen molar-refractivity contribution >= 4 is 49.3 Å². The number of methoxy groups -OCH3 is 2. The highest BCUT2D eigenvalue weighted by Crippen LogP contribution is 2.49. The molecule has 70 heavy (non-hydrogen) atoms. The number of anilines is 1. The molecule has 2 atom stereocenters. The predicted octanol–water partition coefficient (Wildman–Crippen LogP) is 9.48. The molecule has 374 valence electrons. The summed E-state index contributed by atoms with van der Waals surface area (Å²) >= 11 is 0. The Kier molecular flexibility index (Phi) is 16.2. The molecular formula is C51H56F3N2O12S2+. The van der Waals surface area contributed by atoms with Gasteiger partial charge in [-0.25, -0.2) is 13.8 Å². The van der Waals surface area contributed by atoms with Gasteiger partial charge in [0.2, 0.25) is 5.69 Å². The Hall–Kier alpha value is -5.96. The minimum absolute atomic E-state index is 0.000621. The minimum Gasteiger partial charge on any atom is -0.425 e. The molecule has 2 heterocycles. The van der Waals surface area contributed by atoms with Crippen LogP contribution in [0.3, 0.4) is 0 Å². The monoisotopic (exact) mass is 1010 g/mol. The third-order valence-corrected chi connectivity index (χ3v) is 14.6. The van der Waals surface area contributed by atoms with Gasteiger partial charge in [-0.2, -0.15) is 34.6 Å². The maximum Gasteiger partial charge on any atom is 0.420 e. The van der Waals surface area contributed by atoms with Gasteiger partial charge in [-0.05, 0) is 112 Å². The van der Waals surface area contributed by atoms with E-state index in [0.29, 0.717) is 29.9 Å². The molecule has 6 rings (SSSR count). The van der Waals surface area contributed by atoms with Crippen molar-refractivity contribution in [2.45, 2.75) is 87.5 Å². The SMILES string of the molecule is CCN1/C(=C/C=C/C=C/C2=[N+](CC)c3ccc(S(=O)(=O)OC(C)c4ccc(OC(=O)COC)cc4)cc3C2(C)C)C(C)(C)c2cc(S(=O)(=O)OC(c3ccc(OC(=O)COC)cc3)C(F)(F)F)ccc21. The number of fused-ring (bicyclic) bond motifs is 2. The minimum atomic E-state index is -5.12. The number of carbonyl (C=O) groups is 2. The standard InChI is InChI=1S/C51H56F3N2O12S2/c1-10-55-42-27-25-38(69(59,60)67-33(3)34-17-21-36(22-18-34)65-46(57)31-63-8)29-40(42)49(4,5)44(55)15-13-12-14-16-45-50(6,7)41-30-39(26-28-43(41)56(45)11-2)70(61,62)68-48(51(52,53)54)35-19-23-37(24-20-35)66-47(58)32-64-9/h12-30,33,48H,10-11,31-32H2,1-9H3/q+1. The molecule has 0 bridgehead atoms. The quantitative estimate of drug-likeness (QED) is 0.0287. The van der Waals surface area contributed by atoms with Gasteiger partial charge in [0.25, 0.3) is 20.2 Å². The second kappa shape index (κ2) is 21.2. The number of likely N-dealkylation sites (N-methyl/N-ethyl adjacent to an activating group) is 1. The zero-order valence-corrected chi connectivity index (χ0v) is 41.8. The molecule has 4 aromatic carbocycles. The first-order valence-electron chi connectivity index (χ1n) is 22.2. The number of esters is 2. The fourth-order valence-electron chi connectivity index (χ4n) is 8.52. The van der Waals surface area contributed by atoms with E-state index >= 15 is 0 Å². The summed E-state index contributed by atoms with van der Waals surface area (Å²) in [6, 6.07) is 19.5. The van der Waals surface area contributed by atoms with Gasteiger partial charge in [-0.15, -0.1) is 0 Å². The summed E-state index contributed by atoms with van der Waals surface area (Å²) in [5.74, 6) is -1.12. The molecule has 0 N–H and O–H groups in total. The lowest BCUT2D eigenvalue weighted by Crippen LogP contribution is -2.27. The van der Waals surface area contributed by atoms with Crippen molar-refractivity contribution in [3.63, 3.8) is 0 Å². The molecule has 19 heteroatoms. The third kappa shape index (κ3) is 11.5. The van der Waals surface area contributed by atoms with Crippen molar-refractivity contribution in [3.8, 4) is 11.5 Å². The number of allylic oxidation sites excluding steroid dienone is 6. The van der Waals surface area contributed by atoms with E-state index in [1.54, 1.807) is 49.4 Å². The largest absolute Gasteiger partial charge is 0.425 e. The average molecular weight is 1010 g/mol. The number of hydrogen-bond donors (Lipinski definition) is 0. The van der Waals surface area contributed by atoms with E-state index in [9.17, 15) is 39.6 Å². The molecule has 2 unspecified atom stereocenters. The van der Waals surface area contributed by atoms with E-state index in [1.807, 2.05) is 76.8 Å². The zero-order valence-electron chi connectivity index (χ0n) is 40.2. The lowest BCUT2D eigenvalue weighted by Gasteiger charge is -2.25. The van der Waals surface area contributed by atoms with Crippen molar-refractivity contribution in [1.82, 2.24) is 0 Å². The zero-order chi connectivity index (χ0) is 51.4. The van der Waals surface area contributed by atoms with Gasteiger partial charge in [0, 0.05) is 55.3 Å². The van der Waals surface area contributed by atoms with Crippen LogP contribution in [0.1, 0.15) is 82.9 Å². The summed E-state index contributed by atoms with van der Waals surface area (Å²) in [6.45, 7) is 13.9. The van der Waals surface area contributed by atoms with Gasteiger partial charge in [0.1, 0.15) is 31.3 Å². The number of ether oxygens (including phenoxy) is 4. The van der Waals surface area contributed by atoms with E-state index in [4.69, 9.17) is 22.6 Å². The molecule has 0 spiro atoms. The topological polar surface area (TPSA) is 164 Å². The summed E-state index contributed by atoms with van der Waals surface area (Å²) in [6.07, 6.45) is 0.603. The van der Waals surface area contributed by atoms with Crippen LogP contribution in [0.25, 0.3) is 0 Å². The van der Waals surface area contributed by atoms with Crippen LogP contribution >= 0.6 is 0 Å². The number of halogens is 3. The fourth-order valence-corrected chi connectivity index (χ4v) is 10.7. The van der Waals surface area contributed by atoms with E-state index in [0.717, 1.165) is 46.9 Å². The van der Waals surface area contributed by atoms with Gasteiger partial charge in [-0.1, -0.05) is 56.3 Å². The molecule has 0 saturated carbocycles. The van der Waals surface area contributed by atoms with E-state index in [2.05, 4.69) is 9.31 Å². The molecular weight excluding hydrogens is 954 g/mol. The fraction of sp³-hybridized carbons (Fsp3) is 0.353. The highest BCUT2D eigenvalue weighted by atomic mass is 32.2. The molecule has 0 aromatic heterocycles. The lowest BCUT2D eigenvalue weighted by atomic mass is 9.81. The van der Waals surface area contributed by atoms with Gasteiger partial charge in [0.05, 0.1) is 21.3 Å². The third-order valence-electron chi connectivity index (χ3n) is 12.0. The molecule has 14 nitrogen and oxygen atoms in total. The first-order valence-corrected chi connectivity index (χ1v) is 25.0. The number of hydrogen-bond acceptors (Lipinski definition) is 13. The van der Waals surface area contributed by atoms with Crippen LogP contribution in [0.15, 0.2) is 131 Å². The number of rotatable bonds is 19. The summed E-state index contributed by atoms with van der Waals surface area (Å²) in [5, 5.41) is 0. The lowest BCUT2D eigenvalue weighted by molar-refractivity contribution is -0.433. The molecule has 4 aromatic rings. The maximum absolute atomic E-state index is 14.4. The Morgan fingerprint density at radius 1 is 0.700 bits per heavy atom. The summed E-state index contributed by atoms with van der Waals surface area (Å²) in [4.78, 5) is 25.1. The van der Waals surface area contributed by atoms with Crippen molar-refractivity contribution in [2.75, 3.05) is 45.4 Å². The molecule has 2 aliphatic rings. The number of benzene rings is 4. The van der Waals surface area contributed by atoms with Crippen molar-refractivity contribution in [3.05, 3.63) is 143 Å². The number of carbonyl (C=O) groups excluding carboxylic acids is 2. The molecule has 0 aliphatic carbocycles. The number of nitrogens with zero attached hydrogens (tertiary/aromatic N) is 2. The van der Waals surface area contributed by atoms with Gasteiger partial charge in [-0.3, -0.25) is 4.18 Å². The van der Waals surface area contributed by atoms with Crippen LogP contribution in [-0.2, 0) is 58.5 Å². The van der Waals surface area contributed by atoms with Crippen LogP contribution in [0.4, 0.5) is 24.5 Å². The summed E-state index contributed by atoms with van der Waals surface area (Å²) < 4.78 is 130. The highest BCUT2D eigenvalue weighted by Gasteiger charge is 2.47. The van der Waals surface area contributed by atoms with Crippen LogP contribution in [0.5, 0.6) is 11.5 Å². The predicted molar refractivity (Wildman–Crippen MR) is 255 cm³/mol. The van der Waals surface area contributed by atoms with E-state index in [-0.39, 0.29) is 29.6 Å². The Bertz CT molecular complexity index is 2960. The van der Waals surface area contributed by atoms with Crippen LogP contribution < -0.4 is 14.4 Å². The van der Waals surface area contributed by atoms with Gasteiger partial charge < -0.3 is 23.8 Å². The molecule has 0 saturated heterocycles. The summed E-state index contributed by atoms with van der Waals surface area (Å²) in [7, 11) is -6.55. The van der Waals surface area contributed by atoms with Crippen molar-refractivity contribution in [2.24, 2.45) is 0 Å². The van der Waals surface area contributed by atoms with E-state index < -0.39 is 71.8 Å². The van der Waals surface area contributed by atoms with Crippen LogP contribution in [0.2, 0.25) is 0 Å². The van der Waals surface area contributed by atoms with Crippen molar-refractivity contribution in [1.29, 1.82) is 0 Å². The average Bonchev–Trinajstić information content (AvgIpc) is 3.65. The number of alkyl halides is 3. The second-order valence-corrected chi connectivity index (χ2v) is 20.5. The van der Waals surface area contributed by atoms with Crippen molar-refractivity contribution < 1.29 is 71.5 Å². The van der Waals surface area contributed by atoms with Crippen LogP contribution in [-0.4, -0.2) is 85.8 Å². The molecule has 0 amide bonds. The van der Waals surface area contributed by atoms with Gasteiger partial charge >= 0.3 is 18.1 Å². The van der Waals surface area contributed by atoms with Crippen LogP contribution in [0, 0.1) is 0 Å². The molecule has 0 fully saturated rings. The summed E-state index contributed by atoms with van der Waals surface area (Å²) in [5.41, 5.74) is 3.26. The normalized spacial score (nSPS) is 17.0. The first-order chi connectivity index (χ1) is 32.9. The highest BCUT2D eigenvalue weighted by molar-refractivity contribution is 7.87. The van der Waals surface area contributed by atoms with Gasteiger partial charge in [0.15, 0.2) is 11.8 Å². The smallest absolute Gasteiger partial charge is 0.420 e. The Balaban J connectivity index is 1.17. The maximum atomic E-state index is 14.4. The Morgan fingerprint density at radius 2 is 1.23 bits per heavy atom. The Morgan fingerprint density at radius 3 is 1.76 bits per heavy atom. The molecule has 0 radical (unpaired) electrons. The first kappa shape index (κ1) is 53.4. The Labute approximate surface area is 406 Å². The van der Waals surface area contributed by atoms with E-state index in [1.165, 1.54) is 32.4 Å².